The molecule has 2 amide bonds. The molecule has 0 unspecified atom stereocenters. The highest BCUT2D eigenvalue weighted by molar-refractivity contribution is 7.17. The molecule has 0 radical (unpaired) electrons. The van der Waals surface area contributed by atoms with Crippen molar-refractivity contribution in [2.45, 2.75) is 25.9 Å². The number of hydrogen-bond acceptors (Lipinski definition) is 9. The van der Waals surface area contributed by atoms with Gasteiger partial charge in [0.25, 0.3) is 0 Å². The number of aryl methyl sites for hydroxylation is 1. The van der Waals surface area contributed by atoms with E-state index < -0.39 is 41.7 Å². The summed E-state index contributed by atoms with van der Waals surface area (Å²) in [5.74, 6) is -3.01. The molecule has 0 aliphatic carbocycles. The summed E-state index contributed by atoms with van der Waals surface area (Å²) in [6.45, 7) is 3.59. The topological polar surface area (TPSA) is 102 Å². The average Bonchev–Trinajstić information content (AvgIpc) is 3.58. The van der Waals surface area contributed by atoms with Gasteiger partial charge in [0.05, 0.1) is 50.3 Å². The maximum atomic E-state index is 14.4. The Bertz CT molecular complexity index is 1660. The van der Waals surface area contributed by atoms with Gasteiger partial charge in [-0.2, -0.15) is 0 Å². The molecule has 10 heteroatoms. The molecule has 4 heterocycles. The van der Waals surface area contributed by atoms with Gasteiger partial charge >= 0.3 is 5.97 Å². The summed E-state index contributed by atoms with van der Waals surface area (Å²) < 4.78 is 15.9. The van der Waals surface area contributed by atoms with Crippen LogP contribution in [-0.2, 0) is 14.3 Å². The minimum Gasteiger partial charge on any atom is -0.497 e. The molecule has 0 spiro atoms. The van der Waals surface area contributed by atoms with E-state index >= 15 is 0 Å². The monoisotopic (exact) mass is 572 g/mol. The highest BCUT2D eigenvalue weighted by atomic mass is 32.1. The van der Waals surface area contributed by atoms with Crippen LogP contribution < -0.4 is 14.4 Å². The first kappa shape index (κ1) is 26.8. The molecule has 41 heavy (non-hydrogen) atoms. The summed E-state index contributed by atoms with van der Waals surface area (Å²) in [5.41, 5.74) is 2.86. The van der Waals surface area contributed by atoms with Gasteiger partial charge in [-0.15, -0.1) is 11.3 Å². The van der Waals surface area contributed by atoms with Crippen molar-refractivity contribution in [2.24, 2.45) is 11.8 Å². The van der Waals surface area contributed by atoms with Gasteiger partial charge in [0.15, 0.2) is 5.78 Å². The van der Waals surface area contributed by atoms with Crippen LogP contribution in [-0.4, -0.2) is 55.8 Å². The number of nitrogens with zero attached hydrogens (tertiary/aromatic N) is 2. The van der Waals surface area contributed by atoms with Gasteiger partial charge in [0.1, 0.15) is 22.5 Å². The van der Waals surface area contributed by atoms with Crippen molar-refractivity contribution in [1.82, 2.24) is 4.90 Å². The Morgan fingerprint density at radius 3 is 2.37 bits per heavy atom. The second kappa shape index (κ2) is 9.88. The number of carbonyl (C=O) groups excluding carboxylic acids is 4. The van der Waals surface area contributed by atoms with Crippen LogP contribution in [0.4, 0.5) is 5.00 Å². The van der Waals surface area contributed by atoms with E-state index in [4.69, 9.17) is 14.2 Å². The number of thiophene rings is 1. The van der Waals surface area contributed by atoms with Crippen LogP contribution in [0.5, 0.6) is 11.5 Å². The van der Waals surface area contributed by atoms with Crippen LogP contribution in [0.15, 0.2) is 48.7 Å². The molecule has 4 atom stereocenters. The van der Waals surface area contributed by atoms with E-state index in [1.165, 1.54) is 32.7 Å². The Labute approximate surface area is 240 Å². The first-order valence-electron chi connectivity index (χ1n) is 13.1. The zero-order valence-electron chi connectivity index (χ0n) is 23.2. The van der Waals surface area contributed by atoms with Gasteiger partial charge in [-0.3, -0.25) is 14.4 Å². The number of methoxy groups -OCH3 is 3. The van der Waals surface area contributed by atoms with Gasteiger partial charge in [0, 0.05) is 11.1 Å². The number of fused-ring (bicyclic) bond motifs is 5. The Balaban J connectivity index is 1.53. The third-order valence-corrected chi connectivity index (χ3v) is 9.55. The number of benzene rings is 2. The number of esters is 1. The third-order valence-electron chi connectivity index (χ3n) is 8.36. The molecular weight excluding hydrogens is 544 g/mol. The average molecular weight is 573 g/mol. The van der Waals surface area contributed by atoms with Crippen LogP contribution in [0.2, 0.25) is 0 Å². The summed E-state index contributed by atoms with van der Waals surface area (Å²) in [7, 11) is 4.24. The van der Waals surface area contributed by atoms with Crippen LogP contribution in [0.1, 0.15) is 48.3 Å². The molecule has 3 aliphatic rings. The molecule has 0 N–H and O–H groups in total. The van der Waals surface area contributed by atoms with Crippen LogP contribution in [0, 0.1) is 25.7 Å². The zero-order chi connectivity index (χ0) is 29.2. The van der Waals surface area contributed by atoms with Gasteiger partial charge in [-0.05, 0) is 54.8 Å². The smallest absolute Gasteiger partial charge is 0.341 e. The van der Waals surface area contributed by atoms with Crippen molar-refractivity contribution in [2.75, 3.05) is 26.2 Å². The van der Waals surface area contributed by atoms with E-state index in [0.29, 0.717) is 17.1 Å². The molecule has 3 aliphatic heterocycles. The molecule has 2 aromatic carbocycles. The molecule has 9 nitrogen and oxygen atoms in total. The number of rotatable bonds is 6. The molecule has 1 aromatic heterocycles. The Morgan fingerprint density at radius 2 is 1.66 bits per heavy atom. The number of Topliss-reactive ketones (excluding diaryl/α,β-unsaturated/α-hetero) is 1. The van der Waals surface area contributed by atoms with Gasteiger partial charge in [-0.25, -0.2) is 9.69 Å². The molecule has 6 rings (SSSR count). The Morgan fingerprint density at radius 1 is 0.927 bits per heavy atom. The van der Waals surface area contributed by atoms with Crippen molar-refractivity contribution in [3.8, 4) is 11.5 Å². The fourth-order valence-corrected chi connectivity index (χ4v) is 7.49. The molecule has 210 valence electrons. The number of ether oxygens (including phenoxy) is 3. The first-order chi connectivity index (χ1) is 19.7. The van der Waals surface area contributed by atoms with Gasteiger partial charge in [0.2, 0.25) is 11.8 Å². The van der Waals surface area contributed by atoms with E-state index in [1.54, 1.807) is 31.3 Å². The van der Waals surface area contributed by atoms with Gasteiger partial charge < -0.3 is 19.1 Å². The van der Waals surface area contributed by atoms with Crippen molar-refractivity contribution < 1.29 is 33.4 Å². The van der Waals surface area contributed by atoms with E-state index in [0.717, 1.165) is 20.9 Å². The lowest BCUT2D eigenvalue weighted by atomic mass is 9.83. The number of carbonyl (C=O) groups is 4. The number of imide groups is 1. The van der Waals surface area contributed by atoms with E-state index in [1.807, 2.05) is 42.2 Å². The fourth-order valence-electron chi connectivity index (χ4n) is 6.33. The molecular formula is C31H28N2O7S. The number of amides is 2. The van der Waals surface area contributed by atoms with Crippen LogP contribution >= 0.6 is 11.3 Å². The lowest BCUT2D eigenvalue weighted by Gasteiger charge is -2.35. The minimum absolute atomic E-state index is 0.190. The summed E-state index contributed by atoms with van der Waals surface area (Å²) in [4.78, 5) is 59.6. The van der Waals surface area contributed by atoms with E-state index in [2.05, 4.69) is 0 Å². The van der Waals surface area contributed by atoms with Crippen molar-refractivity contribution in [3.63, 3.8) is 0 Å². The van der Waals surface area contributed by atoms with Crippen molar-refractivity contribution in [3.05, 3.63) is 81.4 Å². The Kier molecular flexibility index (Phi) is 6.45. The largest absolute Gasteiger partial charge is 0.497 e. The summed E-state index contributed by atoms with van der Waals surface area (Å²) in [5, 5.41) is 0.229. The SMILES string of the molecule is COC(=O)c1c(N2C(=O)[C@@H]3[C@H](C2=O)[C@@H]2c4ccccc4C=CN2[C@H]3C(=O)c2cc(OC)ccc2OC)sc(C)c1C. The zero-order valence-corrected chi connectivity index (χ0v) is 24.0. The molecule has 0 bridgehead atoms. The molecule has 2 saturated heterocycles. The molecule has 3 aromatic rings. The maximum absolute atomic E-state index is 14.4. The second-order valence-corrected chi connectivity index (χ2v) is 11.4. The highest BCUT2D eigenvalue weighted by Crippen LogP contribution is 2.55. The van der Waals surface area contributed by atoms with E-state index in [-0.39, 0.29) is 21.9 Å². The predicted octanol–water partition coefficient (Wildman–Crippen LogP) is 4.57. The third kappa shape index (κ3) is 3.81. The molecule has 0 saturated carbocycles. The Hall–Kier alpha value is -4.44. The first-order valence-corrected chi connectivity index (χ1v) is 13.9. The van der Waals surface area contributed by atoms with Crippen molar-refractivity contribution in [1.29, 1.82) is 0 Å². The van der Waals surface area contributed by atoms with Crippen LogP contribution in [0.25, 0.3) is 6.08 Å². The summed E-state index contributed by atoms with van der Waals surface area (Å²) >= 11 is 1.19. The van der Waals surface area contributed by atoms with Gasteiger partial charge in [-0.1, -0.05) is 24.3 Å². The minimum atomic E-state index is -1.00. The summed E-state index contributed by atoms with van der Waals surface area (Å²) in [6, 6.07) is 11.0. The van der Waals surface area contributed by atoms with Crippen molar-refractivity contribution >= 4 is 46.0 Å². The number of hydrogen-bond donors (Lipinski definition) is 0. The van der Waals surface area contributed by atoms with Crippen LogP contribution in [0.3, 0.4) is 0 Å². The number of anilines is 1. The normalized spacial score (nSPS) is 22.4. The predicted molar refractivity (Wildman–Crippen MR) is 152 cm³/mol. The fraction of sp³-hybridized carbons (Fsp3) is 0.290. The molecule has 2 fully saturated rings. The van der Waals surface area contributed by atoms with E-state index in [9.17, 15) is 19.2 Å². The second-order valence-electron chi connectivity index (χ2n) is 10.2. The summed E-state index contributed by atoms with van der Waals surface area (Å²) in [6.07, 6.45) is 3.69. The lowest BCUT2D eigenvalue weighted by Crippen LogP contribution is -2.44. The lowest BCUT2D eigenvalue weighted by molar-refractivity contribution is -0.123. The number of ketones is 1. The highest BCUT2D eigenvalue weighted by Gasteiger charge is 2.65. The standard InChI is InChI=1S/C31H28N2O7S/c1-15-16(2)41-30(22(15)31(37)40-5)33-28(35)23-24(29(33)36)26(27(34)20-14-18(38-3)10-11-21(20)39-4)32-13-12-17-8-6-7-9-19(17)25(23)32/h6-14,23-26H,1-5H3/t23-,24+,25-,26+/m0/s1. The quantitative estimate of drug-likeness (QED) is 0.241. The maximum Gasteiger partial charge on any atom is 0.341 e.